The molecule has 0 saturated carbocycles. The predicted molar refractivity (Wildman–Crippen MR) is 118 cm³/mol. The molecule has 2 N–H and O–H groups in total. The van der Waals surface area contributed by atoms with Crippen molar-refractivity contribution in [3.63, 3.8) is 0 Å². The minimum atomic E-state index is 0.234. The van der Waals surface area contributed by atoms with Gasteiger partial charge in [-0.25, -0.2) is 4.99 Å². The van der Waals surface area contributed by atoms with Crippen LogP contribution in [0, 0.1) is 5.41 Å². The molecule has 0 aliphatic carbocycles. The minimum absolute atomic E-state index is 0.234. The van der Waals surface area contributed by atoms with Crippen LogP contribution < -0.4 is 5.32 Å². The van der Waals surface area contributed by atoms with Gasteiger partial charge in [0.25, 0.3) is 0 Å². The zero-order valence-corrected chi connectivity index (χ0v) is 15.7. The first kappa shape index (κ1) is 17.7. The molecule has 0 spiro atoms. The maximum absolute atomic E-state index is 8.54. The Hall–Kier alpha value is -3.72. The lowest BCUT2D eigenvalue weighted by Gasteiger charge is -2.13. The number of benzene rings is 4. The van der Waals surface area contributed by atoms with Gasteiger partial charge in [-0.1, -0.05) is 91.0 Å². The number of rotatable bonds is 3. The van der Waals surface area contributed by atoms with Crippen LogP contribution in [0.4, 0.5) is 0 Å². The molecular weight excluding hydrogens is 342 g/mol. The Morgan fingerprint density at radius 1 is 0.750 bits per heavy atom. The van der Waals surface area contributed by atoms with Crippen LogP contribution in [0.5, 0.6) is 0 Å². The Labute approximate surface area is 164 Å². The van der Waals surface area contributed by atoms with E-state index in [1.165, 1.54) is 0 Å². The van der Waals surface area contributed by atoms with Gasteiger partial charge >= 0.3 is 0 Å². The molecule has 0 saturated heterocycles. The lowest BCUT2D eigenvalue weighted by molar-refractivity contribution is 1.16. The van der Waals surface area contributed by atoms with Crippen molar-refractivity contribution < 1.29 is 0 Å². The minimum Gasteiger partial charge on any atom is -0.373 e. The second kappa shape index (κ2) is 7.89. The largest absolute Gasteiger partial charge is 0.373 e. The van der Waals surface area contributed by atoms with Crippen LogP contribution in [-0.2, 0) is 0 Å². The molecule has 0 aliphatic heterocycles. The number of fused-ring (bicyclic) bond motifs is 1. The summed E-state index contributed by atoms with van der Waals surface area (Å²) in [5.41, 5.74) is 3.98. The van der Waals surface area contributed by atoms with E-state index in [0.717, 1.165) is 33.0 Å². The number of nitrogens with one attached hydrogen (secondary N) is 2. The highest BCUT2D eigenvalue weighted by atomic mass is 15.0. The van der Waals surface area contributed by atoms with Gasteiger partial charge in [0.05, 0.1) is 0 Å². The number of hydrogen-bond acceptors (Lipinski definition) is 1. The van der Waals surface area contributed by atoms with Gasteiger partial charge in [0.1, 0.15) is 5.84 Å². The Kier molecular flexibility index (Phi) is 4.98. The lowest BCUT2D eigenvalue weighted by atomic mass is 9.99. The summed E-state index contributed by atoms with van der Waals surface area (Å²) in [5.74, 6) is 0.913. The first-order valence-electron chi connectivity index (χ1n) is 9.25. The first-order chi connectivity index (χ1) is 13.8. The normalized spacial score (nSPS) is 11.4. The summed E-state index contributed by atoms with van der Waals surface area (Å²) in [4.78, 5) is 4.62. The summed E-state index contributed by atoms with van der Waals surface area (Å²) in [6.45, 7) is 0. The fourth-order valence-corrected chi connectivity index (χ4v) is 3.32. The standard InChI is InChI=1S/C25H21N3/c1-27-25(23-14-8-7-13-22(23)19-10-3-2-4-11-19)28-24(26)21-16-15-18-9-5-6-12-20(18)17-21/h2-17H,1H3,(H2,26,27,28). The van der Waals surface area contributed by atoms with Crippen LogP contribution in [0.3, 0.4) is 0 Å². The van der Waals surface area contributed by atoms with Crippen LogP contribution in [0.25, 0.3) is 21.9 Å². The molecule has 4 rings (SSSR count). The van der Waals surface area contributed by atoms with E-state index in [2.05, 4.69) is 40.6 Å². The lowest BCUT2D eigenvalue weighted by Crippen LogP contribution is -2.22. The van der Waals surface area contributed by atoms with Crippen molar-refractivity contribution in [2.24, 2.45) is 4.99 Å². The second-order valence-corrected chi connectivity index (χ2v) is 6.53. The Balaban J connectivity index is 1.74. The summed E-state index contributed by atoms with van der Waals surface area (Å²) < 4.78 is 0. The zero-order valence-electron chi connectivity index (χ0n) is 15.7. The van der Waals surface area contributed by atoms with Gasteiger partial charge in [0, 0.05) is 18.2 Å². The molecule has 28 heavy (non-hydrogen) atoms. The molecule has 0 amide bonds. The summed E-state index contributed by atoms with van der Waals surface area (Å²) in [5, 5.41) is 14.0. The van der Waals surface area contributed by atoms with Crippen molar-refractivity contribution >= 4 is 22.4 Å². The van der Waals surface area contributed by atoms with E-state index in [0.29, 0.717) is 5.84 Å². The summed E-state index contributed by atoms with van der Waals surface area (Å²) in [7, 11) is 1.84. The fourth-order valence-electron chi connectivity index (χ4n) is 3.32. The third-order valence-electron chi connectivity index (χ3n) is 4.75. The molecule has 0 heterocycles. The molecule has 0 unspecified atom stereocenters. The van der Waals surface area contributed by atoms with Crippen molar-refractivity contribution in [1.29, 1.82) is 5.41 Å². The van der Waals surface area contributed by atoms with E-state index in [1.807, 2.05) is 73.8 Å². The molecule has 0 aromatic heterocycles. The molecule has 0 bridgehead atoms. The van der Waals surface area contributed by atoms with Crippen LogP contribution in [0.2, 0.25) is 0 Å². The third kappa shape index (κ3) is 3.55. The molecule has 0 atom stereocenters. The molecule has 0 fully saturated rings. The van der Waals surface area contributed by atoms with Gasteiger partial charge in [0.2, 0.25) is 0 Å². The van der Waals surface area contributed by atoms with Gasteiger partial charge in [0.15, 0.2) is 5.84 Å². The van der Waals surface area contributed by atoms with Gasteiger partial charge in [-0.05, 0) is 28.0 Å². The smallest absolute Gasteiger partial charge is 0.154 e. The third-order valence-corrected chi connectivity index (χ3v) is 4.75. The van der Waals surface area contributed by atoms with Gasteiger partial charge in [-0.2, -0.15) is 0 Å². The molecule has 0 aliphatic rings. The van der Waals surface area contributed by atoms with Gasteiger partial charge < -0.3 is 5.32 Å². The van der Waals surface area contributed by atoms with E-state index >= 15 is 0 Å². The number of amidine groups is 2. The summed E-state index contributed by atoms with van der Waals surface area (Å²) >= 11 is 0. The first-order valence-corrected chi connectivity index (χ1v) is 9.25. The van der Waals surface area contributed by atoms with Crippen molar-refractivity contribution in [3.8, 4) is 11.1 Å². The average Bonchev–Trinajstić information content (AvgIpc) is 2.77. The molecule has 3 heteroatoms. The van der Waals surface area contributed by atoms with Crippen LogP contribution in [0.1, 0.15) is 11.1 Å². The van der Waals surface area contributed by atoms with Crippen LogP contribution >= 0.6 is 0 Å². The quantitative estimate of drug-likeness (QED) is 0.366. The summed E-state index contributed by atoms with van der Waals surface area (Å²) in [6, 6.07) is 32.5. The molecule has 0 radical (unpaired) electrons. The van der Waals surface area contributed by atoms with Crippen molar-refractivity contribution in [2.45, 2.75) is 0 Å². The van der Waals surface area contributed by atoms with E-state index in [4.69, 9.17) is 5.41 Å². The maximum Gasteiger partial charge on any atom is 0.154 e. The van der Waals surface area contributed by atoms with Crippen molar-refractivity contribution in [2.75, 3.05) is 7.05 Å². The monoisotopic (exact) mass is 363 g/mol. The molecule has 4 aromatic rings. The van der Waals surface area contributed by atoms with Gasteiger partial charge in [-0.15, -0.1) is 0 Å². The SMILES string of the molecule is CN/C(=N\C(=N)c1ccc2ccccc2c1)c1ccccc1-c1ccccc1. The van der Waals surface area contributed by atoms with Crippen molar-refractivity contribution in [1.82, 2.24) is 5.32 Å². The Morgan fingerprint density at radius 2 is 1.43 bits per heavy atom. The van der Waals surface area contributed by atoms with E-state index in [1.54, 1.807) is 0 Å². The Morgan fingerprint density at radius 3 is 2.21 bits per heavy atom. The summed E-state index contributed by atoms with van der Waals surface area (Å²) in [6.07, 6.45) is 0. The van der Waals surface area contributed by atoms with E-state index in [-0.39, 0.29) is 5.84 Å². The number of nitrogens with zero attached hydrogens (tertiary/aromatic N) is 1. The fraction of sp³-hybridized carbons (Fsp3) is 0.0400. The van der Waals surface area contributed by atoms with Crippen LogP contribution in [-0.4, -0.2) is 18.7 Å². The van der Waals surface area contributed by atoms with E-state index < -0.39 is 0 Å². The molecular formula is C25H21N3. The highest BCUT2D eigenvalue weighted by Crippen LogP contribution is 2.24. The van der Waals surface area contributed by atoms with Gasteiger partial charge in [-0.3, -0.25) is 5.41 Å². The molecule has 4 aromatic carbocycles. The second-order valence-electron chi connectivity index (χ2n) is 6.53. The topological polar surface area (TPSA) is 48.2 Å². The van der Waals surface area contributed by atoms with E-state index in [9.17, 15) is 0 Å². The highest BCUT2D eigenvalue weighted by Gasteiger charge is 2.11. The number of aliphatic imine (C=N–C) groups is 1. The van der Waals surface area contributed by atoms with Crippen LogP contribution in [0.15, 0.2) is 102 Å². The molecule has 136 valence electrons. The molecule has 3 nitrogen and oxygen atoms in total. The Bertz CT molecular complexity index is 1160. The highest BCUT2D eigenvalue weighted by molar-refractivity contribution is 6.13. The average molecular weight is 363 g/mol. The van der Waals surface area contributed by atoms with Crippen molar-refractivity contribution in [3.05, 3.63) is 108 Å². The maximum atomic E-state index is 8.54. The zero-order chi connectivity index (χ0) is 19.3. The predicted octanol–water partition coefficient (Wildman–Crippen LogP) is 5.50. The number of hydrogen-bond donors (Lipinski definition) is 2.